The predicted molar refractivity (Wildman–Crippen MR) is 84.3 cm³/mol. The van der Waals surface area contributed by atoms with E-state index < -0.39 is 11.9 Å². The number of nitrogens with two attached hydrogens (primary N) is 1. The van der Waals surface area contributed by atoms with E-state index in [0.717, 1.165) is 0 Å². The Balaban J connectivity index is 3.19. The van der Waals surface area contributed by atoms with Gasteiger partial charge in [-0.25, -0.2) is 0 Å². The van der Waals surface area contributed by atoms with Gasteiger partial charge in [0.05, 0.1) is 21.0 Å². The lowest BCUT2D eigenvalue weighted by molar-refractivity contribution is -0.141. The third-order valence-corrected chi connectivity index (χ3v) is 4.84. The Morgan fingerprint density at radius 3 is 2.30 bits per heavy atom. The van der Waals surface area contributed by atoms with Gasteiger partial charge >= 0.3 is 5.97 Å². The van der Waals surface area contributed by atoms with E-state index in [1.54, 1.807) is 0 Å². The largest absolute Gasteiger partial charge is 0.481 e. The van der Waals surface area contributed by atoms with Crippen LogP contribution >= 0.6 is 46.4 Å². The number of halogens is 4. The summed E-state index contributed by atoms with van der Waals surface area (Å²) in [4.78, 5) is 11.1. The molecule has 0 radical (unpaired) electrons. The molecule has 0 aliphatic heterocycles. The number of aliphatic carboxylic acids is 1. The minimum atomic E-state index is -0.932. The normalized spacial score (nSPS) is 14.1. The highest BCUT2D eigenvalue weighted by Gasteiger charge is 2.26. The summed E-state index contributed by atoms with van der Waals surface area (Å²) in [5.74, 6) is -1.73. The van der Waals surface area contributed by atoms with Crippen LogP contribution < -0.4 is 5.73 Å². The molecular formula is C13H15Cl4NO2. The molecule has 3 N–H and O–H groups in total. The van der Waals surface area contributed by atoms with Crippen molar-refractivity contribution < 1.29 is 9.90 Å². The first-order valence-corrected chi connectivity index (χ1v) is 7.60. The Labute approximate surface area is 137 Å². The molecule has 0 aromatic heterocycles. The maximum Gasteiger partial charge on any atom is 0.307 e. The van der Waals surface area contributed by atoms with E-state index in [1.165, 1.54) is 6.07 Å². The highest BCUT2D eigenvalue weighted by Crippen LogP contribution is 2.43. The lowest BCUT2D eigenvalue weighted by Gasteiger charge is -2.22. The van der Waals surface area contributed by atoms with Crippen LogP contribution in [0.2, 0.25) is 20.1 Å². The van der Waals surface area contributed by atoms with E-state index in [2.05, 4.69) is 0 Å². The van der Waals surface area contributed by atoms with Gasteiger partial charge in [-0.15, -0.1) is 0 Å². The molecule has 0 spiro atoms. The number of carboxylic acid groups (broad SMARTS) is 1. The molecule has 7 heteroatoms. The van der Waals surface area contributed by atoms with Crippen molar-refractivity contribution in [3.8, 4) is 0 Å². The van der Waals surface area contributed by atoms with Gasteiger partial charge in [-0.2, -0.15) is 0 Å². The fourth-order valence-electron chi connectivity index (χ4n) is 2.08. The lowest BCUT2D eigenvalue weighted by Crippen LogP contribution is -2.25. The van der Waals surface area contributed by atoms with Gasteiger partial charge in [-0.1, -0.05) is 53.3 Å². The van der Waals surface area contributed by atoms with Crippen LogP contribution in [0, 0.1) is 5.92 Å². The zero-order valence-electron chi connectivity index (χ0n) is 10.8. The number of hydrogen-bond acceptors (Lipinski definition) is 2. The van der Waals surface area contributed by atoms with Gasteiger partial charge in [-0.05, 0) is 30.4 Å². The Morgan fingerprint density at radius 2 is 1.85 bits per heavy atom. The van der Waals surface area contributed by atoms with Crippen molar-refractivity contribution in [2.45, 2.75) is 25.7 Å². The molecule has 20 heavy (non-hydrogen) atoms. The first kappa shape index (κ1) is 17.9. The van der Waals surface area contributed by atoms with Crippen molar-refractivity contribution in [1.29, 1.82) is 0 Å². The standard InChI is InChI=1S/C13H15Cl4NO2/c1-2-6(3-7(5-18)13(19)20)10-8(14)4-9(15)11(16)12(10)17/h4,6-7H,2-3,5,18H2,1H3,(H,19,20). The maximum absolute atomic E-state index is 11.1. The molecule has 2 atom stereocenters. The Morgan fingerprint density at radius 1 is 1.25 bits per heavy atom. The van der Waals surface area contributed by atoms with Crippen molar-refractivity contribution in [1.82, 2.24) is 0 Å². The average Bonchev–Trinajstić information content (AvgIpc) is 2.39. The van der Waals surface area contributed by atoms with E-state index in [0.29, 0.717) is 23.4 Å². The molecule has 112 valence electrons. The molecule has 0 aliphatic carbocycles. The first-order valence-electron chi connectivity index (χ1n) is 6.09. The molecule has 0 fully saturated rings. The monoisotopic (exact) mass is 357 g/mol. The van der Waals surface area contributed by atoms with Crippen LogP contribution in [0.3, 0.4) is 0 Å². The molecule has 2 unspecified atom stereocenters. The fourth-order valence-corrected chi connectivity index (χ4v) is 3.31. The highest BCUT2D eigenvalue weighted by atomic mass is 35.5. The minimum absolute atomic E-state index is 0.0579. The lowest BCUT2D eigenvalue weighted by atomic mass is 9.86. The SMILES string of the molecule is CCC(CC(CN)C(=O)O)c1c(Cl)cc(Cl)c(Cl)c1Cl. The summed E-state index contributed by atoms with van der Waals surface area (Å²) < 4.78 is 0. The number of carboxylic acids is 1. The van der Waals surface area contributed by atoms with Crippen LogP contribution in [0.25, 0.3) is 0 Å². The number of rotatable bonds is 6. The number of hydrogen-bond donors (Lipinski definition) is 2. The molecule has 0 bridgehead atoms. The van der Waals surface area contributed by atoms with Gasteiger partial charge < -0.3 is 10.8 Å². The highest BCUT2D eigenvalue weighted by molar-refractivity contribution is 6.49. The number of benzene rings is 1. The molecule has 1 rings (SSSR count). The molecule has 0 aliphatic rings. The third-order valence-electron chi connectivity index (χ3n) is 3.25. The molecule has 0 amide bonds. The Bertz CT molecular complexity index is 508. The van der Waals surface area contributed by atoms with Gasteiger partial charge in [0.1, 0.15) is 0 Å². The summed E-state index contributed by atoms with van der Waals surface area (Å²) in [5.41, 5.74) is 6.12. The zero-order chi connectivity index (χ0) is 15.4. The van der Waals surface area contributed by atoms with E-state index in [9.17, 15) is 4.79 Å². The van der Waals surface area contributed by atoms with Crippen molar-refractivity contribution in [3.05, 3.63) is 31.7 Å². The second-order valence-corrected chi connectivity index (χ2v) is 6.06. The van der Waals surface area contributed by atoms with Gasteiger partial charge in [0, 0.05) is 11.6 Å². The second-order valence-electron chi connectivity index (χ2n) is 4.49. The van der Waals surface area contributed by atoms with Crippen LogP contribution in [-0.2, 0) is 4.79 Å². The zero-order valence-corrected chi connectivity index (χ0v) is 13.8. The van der Waals surface area contributed by atoms with Crippen molar-refractivity contribution in [3.63, 3.8) is 0 Å². The van der Waals surface area contributed by atoms with Crippen molar-refractivity contribution >= 4 is 52.4 Å². The molecule has 0 heterocycles. The minimum Gasteiger partial charge on any atom is -0.481 e. The Kier molecular flexibility index (Phi) is 6.89. The summed E-state index contributed by atoms with van der Waals surface area (Å²) in [5, 5.41) is 10.3. The summed E-state index contributed by atoms with van der Waals surface area (Å²) in [7, 11) is 0. The van der Waals surface area contributed by atoms with E-state index in [4.69, 9.17) is 57.2 Å². The van der Waals surface area contributed by atoms with Crippen LogP contribution in [0.15, 0.2) is 6.07 Å². The van der Waals surface area contributed by atoms with Gasteiger partial charge in [0.15, 0.2) is 0 Å². The summed E-state index contributed by atoms with van der Waals surface area (Å²) in [6, 6.07) is 1.52. The van der Waals surface area contributed by atoms with Crippen molar-refractivity contribution in [2.75, 3.05) is 6.54 Å². The van der Waals surface area contributed by atoms with Crippen LogP contribution in [-0.4, -0.2) is 17.6 Å². The van der Waals surface area contributed by atoms with E-state index in [1.807, 2.05) is 6.92 Å². The molecular weight excluding hydrogens is 344 g/mol. The van der Waals surface area contributed by atoms with Crippen LogP contribution in [0.1, 0.15) is 31.2 Å². The summed E-state index contributed by atoms with van der Waals surface area (Å²) >= 11 is 24.3. The van der Waals surface area contributed by atoms with E-state index in [-0.39, 0.29) is 27.5 Å². The van der Waals surface area contributed by atoms with Gasteiger partial charge in [-0.3, -0.25) is 4.79 Å². The predicted octanol–water partition coefficient (Wildman–Crippen LogP) is 4.84. The van der Waals surface area contributed by atoms with Crippen molar-refractivity contribution in [2.24, 2.45) is 11.7 Å². The molecule has 1 aromatic carbocycles. The second kappa shape index (κ2) is 7.71. The van der Waals surface area contributed by atoms with Gasteiger partial charge in [0.25, 0.3) is 0 Å². The molecule has 0 saturated heterocycles. The smallest absolute Gasteiger partial charge is 0.307 e. The molecule has 3 nitrogen and oxygen atoms in total. The topological polar surface area (TPSA) is 63.3 Å². The number of carbonyl (C=O) groups is 1. The first-order chi connectivity index (χ1) is 9.33. The fraction of sp³-hybridized carbons (Fsp3) is 0.462. The summed E-state index contributed by atoms with van der Waals surface area (Å²) in [6.07, 6.45) is 1.01. The summed E-state index contributed by atoms with van der Waals surface area (Å²) in [6.45, 7) is 1.98. The third kappa shape index (κ3) is 3.92. The van der Waals surface area contributed by atoms with Gasteiger partial charge in [0.2, 0.25) is 0 Å². The van der Waals surface area contributed by atoms with E-state index >= 15 is 0 Å². The Hall–Kier alpha value is -0.190. The molecule has 1 aromatic rings. The van der Waals surface area contributed by atoms with Crippen LogP contribution in [0.4, 0.5) is 0 Å². The quantitative estimate of drug-likeness (QED) is 0.564. The molecule has 0 saturated carbocycles. The average molecular weight is 359 g/mol. The maximum atomic E-state index is 11.1. The van der Waals surface area contributed by atoms with Crippen LogP contribution in [0.5, 0.6) is 0 Å².